The molecule has 0 saturated carbocycles. The molecule has 2 aromatic rings. The zero-order valence-corrected chi connectivity index (χ0v) is 10.6. The molecular formula is C13H14ClN3. The van der Waals surface area contributed by atoms with Crippen LogP contribution >= 0.6 is 11.6 Å². The fraction of sp³-hybridized carbons (Fsp3) is 0.231. The summed E-state index contributed by atoms with van der Waals surface area (Å²) < 4.78 is 0. The smallest absolute Gasteiger partial charge is 0.172 e. The van der Waals surface area contributed by atoms with E-state index in [4.69, 9.17) is 11.6 Å². The molecule has 4 heteroatoms. The lowest BCUT2D eigenvalue weighted by Gasteiger charge is -2.18. The number of hydrogen-bond acceptors (Lipinski definition) is 3. The molecule has 0 radical (unpaired) electrons. The van der Waals surface area contributed by atoms with Crippen molar-refractivity contribution >= 4 is 23.1 Å². The first-order valence-corrected chi connectivity index (χ1v) is 5.89. The Morgan fingerprint density at radius 1 is 1.12 bits per heavy atom. The van der Waals surface area contributed by atoms with Gasteiger partial charge in [-0.1, -0.05) is 30.7 Å². The van der Waals surface area contributed by atoms with Crippen LogP contribution in [-0.4, -0.2) is 17.0 Å². The summed E-state index contributed by atoms with van der Waals surface area (Å²) in [6, 6.07) is 8.33. The van der Waals surface area contributed by atoms with Crippen molar-refractivity contribution in [3.05, 3.63) is 47.4 Å². The van der Waals surface area contributed by atoms with E-state index < -0.39 is 0 Å². The molecule has 0 aliphatic heterocycles. The van der Waals surface area contributed by atoms with E-state index in [1.54, 1.807) is 12.4 Å². The van der Waals surface area contributed by atoms with Crippen molar-refractivity contribution in [2.45, 2.75) is 13.3 Å². The third kappa shape index (κ3) is 2.56. The Morgan fingerprint density at radius 3 is 2.35 bits per heavy atom. The van der Waals surface area contributed by atoms with Gasteiger partial charge < -0.3 is 4.90 Å². The van der Waals surface area contributed by atoms with Gasteiger partial charge in [0.15, 0.2) is 11.0 Å². The van der Waals surface area contributed by atoms with Crippen molar-refractivity contribution in [2.75, 3.05) is 11.9 Å². The fourth-order valence-corrected chi connectivity index (χ4v) is 1.85. The summed E-state index contributed by atoms with van der Waals surface area (Å²) in [6.07, 6.45) is 4.26. The Morgan fingerprint density at radius 2 is 1.76 bits per heavy atom. The molecule has 0 bridgehead atoms. The van der Waals surface area contributed by atoms with E-state index in [0.29, 0.717) is 11.0 Å². The monoisotopic (exact) mass is 247 g/mol. The van der Waals surface area contributed by atoms with Crippen LogP contribution in [0.3, 0.4) is 0 Å². The zero-order chi connectivity index (χ0) is 12.3. The molecule has 0 saturated heterocycles. The lowest BCUT2D eigenvalue weighted by atomic mass is 10.1. The van der Waals surface area contributed by atoms with E-state index >= 15 is 0 Å². The maximum atomic E-state index is 6.01. The highest BCUT2D eigenvalue weighted by molar-refractivity contribution is 6.31. The molecule has 3 nitrogen and oxygen atoms in total. The Hall–Kier alpha value is -1.61. The summed E-state index contributed by atoms with van der Waals surface area (Å²) in [6.45, 7) is 2.14. The van der Waals surface area contributed by atoms with Gasteiger partial charge >= 0.3 is 0 Å². The van der Waals surface area contributed by atoms with Crippen molar-refractivity contribution in [1.29, 1.82) is 0 Å². The average molecular weight is 248 g/mol. The lowest BCUT2D eigenvalue weighted by Crippen LogP contribution is -2.12. The number of nitrogens with zero attached hydrogens (tertiary/aromatic N) is 3. The molecule has 17 heavy (non-hydrogen) atoms. The van der Waals surface area contributed by atoms with E-state index in [2.05, 4.69) is 41.2 Å². The van der Waals surface area contributed by atoms with Gasteiger partial charge in [0.1, 0.15) is 0 Å². The van der Waals surface area contributed by atoms with Crippen LogP contribution in [0.2, 0.25) is 5.15 Å². The molecule has 0 fully saturated rings. The van der Waals surface area contributed by atoms with Gasteiger partial charge in [-0.15, -0.1) is 0 Å². The zero-order valence-electron chi connectivity index (χ0n) is 9.89. The second-order valence-corrected chi connectivity index (χ2v) is 4.11. The van der Waals surface area contributed by atoms with Crippen LogP contribution in [0.5, 0.6) is 0 Å². The summed E-state index contributed by atoms with van der Waals surface area (Å²) in [5.41, 5.74) is 2.36. The second-order valence-electron chi connectivity index (χ2n) is 3.75. The first kappa shape index (κ1) is 11.9. The highest BCUT2D eigenvalue weighted by atomic mass is 35.5. The Labute approximate surface area is 106 Å². The van der Waals surface area contributed by atoms with E-state index in [0.717, 1.165) is 12.1 Å². The molecule has 0 unspecified atom stereocenters. The van der Waals surface area contributed by atoms with Crippen molar-refractivity contribution in [3.8, 4) is 0 Å². The topological polar surface area (TPSA) is 29.0 Å². The van der Waals surface area contributed by atoms with Gasteiger partial charge in [-0.2, -0.15) is 0 Å². The number of rotatable bonds is 3. The lowest BCUT2D eigenvalue weighted by molar-refractivity contribution is 1.08. The maximum absolute atomic E-state index is 6.01. The summed E-state index contributed by atoms with van der Waals surface area (Å²) in [7, 11) is 1.93. The highest BCUT2D eigenvalue weighted by Crippen LogP contribution is 2.26. The number of halogens is 1. The van der Waals surface area contributed by atoms with Crippen LogP contribution in [-0.2, 0) is 6.42 Å². The van der Waals surface area contributed by atoms with Gasteiger partial charge in [0.05, 0.1) is 0 Å². The summed E-state index contributed by atoms with van der Waals surface area (Å²) in [5, 5.41) is 0.412. The predicted octanol–water partition coefficient (Wildman–Crippen LogP) is 3.46. The van der Waals surface area contributed by atoms with Gasteiger partial charge in [-0.05, 0) is 24.1 Å². The summed E-state index contributed by atoms with van der Waals surface area (Å²) in [5.74, 6) is 0.665. The summed E-state index contributed by atoms with van der Waals surface area (Å²) >= 11 is 6.01. The number of anilines is 2. The molecule has 1 aromatic heterocycles. The van der Waals surface area contributed by atoms with Gasteiger partial charge in [0.25, 0.3) is 0 Å². The predicted molar refractivity (Wildman–Crippen MR) is 70.9 cm³/mol. The third-order valence-corrected chi connectivity index (χ3v) is 2.95. The molecule has 0 aliphatic carbocycles. The van der Waals surface area contributed by atoms with Gasteiger partial charge in [-0.3, -0.25) is 0 Å². The number of aromatic nitrogens is 2. The SMILES string of the molecule is CCc1ccc(N(C)c2nccnc2Cl)cc1. The normalized spacial score (nSPS) is 10.3. The molecule has 0 amide bonds. The van der Waals surface area contributed by atoms with Crippen LogP contribution in [0.25, 0.3) is 0 Å². The minimum Gasteiger partial charge on any atom is -0.327 e. The molecule has 0 atom stereocenters. The van der Waals surface area contributed by atoms with Gasteiger partial charge in [0, 0.05) is 25.1 Å². The van der Waals surface area contributed by atoms with E-state index in [1.807, 2.05) is 11.9 Å². The molecule has 0 spiro atoms. The van der Waals surface area contributed by atoms with Gasteiger partial charge in [0.2, 0.25) is 0 Å². The molecule has 0 aliphatic rings. The Kier molecular flexibility index (Phi) is 3.59. The molecule has 1 aromatic carbocycles. The molecular weight excluding hydrogens is 234 g/mol. The van der Waals surface area contributed by atoms with Crippen molar-refractivity contribution in [2.24, 2.45) is 0 Å². The molecule has 1 heterocycles. The number of benzene rings is 1. The number of hydrogen-bond donors (Lipinski definition) is 0. The Bertz CT molecular complexity index is 496. The van der Waals surface area contributed by atoms with Crippen LogP contribution in [0.4, 0.5) is 11.5 Å². The molecule has 2 rings (SSSR count). The first-order valence-electron chi connectivity index (χ1n) is 5.51. The van der Waals surface area contributed by atoms with Gasteiger partial charge in [-0.25, -0.2) is 9.97 Å². The number of aryl methyl sites for hydroxylation is 1. The second kappa shape index (κ2) is 5.15. The van der Waals surface area contributed by atoms with E-state index in [1.165, 1.54) is 5.56 Å². The van der Waals surface area contributed by atoms with Crippen molar-refractivity contribution in [1.82, 2.24) is 9.97 Å². The van der Waals surface area contributed by atoms with Crippen LogP contribution in [0.1, 0.15) is 12.5 Å². The standard InChI is InChI=1S/C13H14ClN3/c1-3-10-4-6-11(7-5-10)17(2)13-12(14)15-8-9-16-13/h4-9H,3H2,1-2H3. The van der Waals surface area contributed by atoms with Crippen molar-refractivity contribution < 1.29 is 0 Å². The van der Waals surface area contributed by atoms with Crippen LogP contribution in [0.15, 0.2) is 36.7 Å². The molecule has 0 N–H and O–H groups in total. The minimum atomic E-state index is 0.412. The van der Waals surface area contributed by atoms with Crippen LogP contribution < -0.4 is 4.90 Å². The Balaban J connectivity index is 2.30. The van der Waals surface area contributed by atoms with E-state index in [-0.39, 0.29) is 0 Å². The first-order chi connectivity index (χ1) is 8.22. The largest absolute Gasteiger partial charge is 0.327 e. The highest BCUT2D eigenvalue weighted by Gasteiger charge is 2.09. The average Bonchev–Trinajstić information content (AvgIpc) is 2.39. The minimum absolute atomic E-state index is 0.412. The quantitative estimate of drug-likeness (QED) is 0.832. The maximum Gasteiger partial charge on any atom is 0.172 e. The summed E-state index contributed by atoms with van der Waals surface area (Å²) in [4.78, 5) is 10.2. The van der Waals surface area contributed by atoms with Crippen molar-refractivity contribution in [3.63, 3.8) is 0 Å². The van der Waals surface area contributed by atoms with E-state index in [9.17, 15) is 0 Å². The molecule has 88 valence electrons. The fourth-order valence-electron chi connectivity index (χ4n) is 1.62. The van der Waals surface area contributed by atoms with Crippen LogP contribution in [0, 0.1) is 0 Å². The third-order valence-electron chi connectivity index (χ3n) is 2.69.